The molecule has 144 valence electrons. The van der Waals surface area contributed by atoms with Gasteiger partial charge in [-0.1, -0.05) is 17.7 Å². The van der Waals surface area contributed by atoms with Gasteiger partial charge in [-0.2, -0.15) is 15.5 Å². The lowest BCUT2D eigenvalue weighted by atomic mass is 10.1. The normalized spacial score (nSPS) is 16.6. The molecule has 0 saturated heterocycles. The first-order valence-corrected chi connectivity index (χ1v) is 8.63. The number of hydrogen-bond acceptors (Lipinski definition) is 5. The summed E-state index contributed by atoms with van der Waals surface area (Å²) in [5.74, 6) is -0.604. The molecule has 1 unspecified atom stereocenters. The molecule has 0 spiro atoms. The van der Waals surface area contributed by atoms with Gasteiger partial charge in [0, 0.05) is 21.9 Å². The minimum Gasteiger partial charge on any atom is -0.387 e. The number of carbonyl (C=O) groups is 1. The van der Waals surface area contributed by atoms with E-state index in [2.05, 4.69) is 20.6 Å². The van der Waals surface area contributed by atoms with Crippen LogP contribution in [0.15, 0.2) is 36.5 Å². The molecular formula is C19H19ClN6O2. The van der Waals surface area contributed by atoms with E-state index in [1.54, 1.807) is 42.1 Å². The summed E-state index contributed by atoms with van der Waals surface area (Å²) in [6, 6.07) is 9.43. The predicted molar refractivity (Wildman–Crippen MR) is 104 cm³/mol. The fraction of sp³-hybridized carbons (Fsp3) is 0.263. The number of amides is 1. The van der Waals surface area contributed by atoms with Crippen molar-refractivity contribution >= 4 is 17.5 Å². The van der Waals surface area contributed by atoms with Crippen molar-refractivity contribution < 1.29 is 15.4 Å². The summed E-state index contributed by atoms with van der Waals surface area (Å²) >= 11 is 6.07. The SMILES string of the molecule is [2H]C([2H])([2H])C([2H])(O)c1cc(C(=O)N[C@@H](C)Cn2ccc(-c3ccc(C#N)c(Cl)c3)n2)n[nH]1. The number of H-pyrrole nitrogens is 1. The van der Waals surface area contributed by atoms with E-state index in [-0.39, 0.29) is 11.7 Å². The van der Waals surface area contributed by atoms with Crippen LogP contribution < -0.4 is 5.32 Å². The van der Waals surface area contributed by atoms with Gasteiger partial charge in [0.25, 0.3) is 5.91 Å². The molecule has 3 aromatic rings. The monoisotopic (exact) mass is 402 g/mol. The molecule has 0 bridgehead atoms. The zero-order valence-electron chi connectivity index (χ0n) is 18.8. The summed E-state index contributed by atoms with van der Waals surface area (Å²) in [5.41, 5.74) is 1.19. The van der Waals surface area contributed by atoms with Gasteiger partial charge >= 0.3 is 0 Å². The lowest BCUT2D eigenvalue weighted by Gasteiger charge is -2.13. The van der Waals surface area contributed by atoms with E-state index in [9.17, 15) is 9.90 Å². The van der Waals surface area contributed by atoms with E-state index >= 15 is 0 Å². The van der Waals surface area contributed by atoms with Crippen LogP contribution in [0.1, 0.15) is 47.1 Å². The molecule has 0 fully saturated rings. The number of hydrogen-bond donors (Lipinski definition) is 3. The Labute approximate surface area is 172 Å². The lowest BCUT2D eigenvalue weighted by molar-refractivity contribution is 0.0931. The largest absolute Gasteiger partial charge is 0.387 e. The molecule has 0 aliphatic rings. The van der Waals surface area contributed by atoms with Gasteiger partial charge in [-0.15, -0.1) is 0 Å². The Morgan fingerprint density at radius 3 is 3.07 bits per heavy atom. The molecule has 28 heavy (non-hydrogen) atoms. The molecule has 8 nitrogen and oxygen atoms in total. The number of rotatable bonds is 6. The number of aromatic amines is 1. The molecule has 0 saturated carbocycles. The Kier molecular flexibility index (Phi) is 4.38. The van der Waals surface area contributed by atoms with E-state index < -0.39 is 24.5 Å². The highest BCUT2D eigenvalue weighted by Crippen LogP contribution is 2.24. The van der Waals surface area contributed by atoms with Crippen LogP contribution in [0, 0.1) is 11.3 Å². The summed E-state index contributed by atoms with van der Waals surface area (Å²) in [5, 5.41) is 32.3. The maximum absolute atomic E-state index is 12.4. The van der Waals surface area contributed by atoms with Crippen molar-refractivity contribution in [1.82, 2.24) is 25.3 Å². The summed E-state index contributed by atoms with van der Waals surface area (Å²) < 4.78 is 31.0. The molecule has 2 heterocycles. The Balaban J connectivity index is 1.64. The Bertz CT molecular complexity index is 1180. The molecule has 1 amide bonds. The standard InChI is InChI=1S/C19H19ClN6O2/c1-11(22-19(28)18-8-17(12(2)27)23-24-18)10-26-6-5-16(25-26)13-3-4-14(9-21)15(20)7-13/h3-8,11-12,27H,10H2,1-2H3,(H,22,28)(H,23,24)/t11-,12?/m0/s1/i2D3,12D. The molecule has 3 rings (SSSR count). The number of carbonyl (C=O) groups excluding carboxylic acids is 1. The molecule has 0 radical (unpaired) electrons. The maximum atomic E-state index is 12.4. The van der Waals surface area contributed by atoms with Crippen molar-refractivity contribution in [2.75, 3.05) is 0 Å². The second-order valence-corrected chi connectivity index (χ2v) is 6.53. The molecule has 3 N–H and O–H groups in total. The van der Waals surface area contributed by atoms with Crippen LogP contribution in [0.3, 0.4) is 0 Å². The third kappa shape index (κ3) is 4.39. The third-order valence-electron chi connectivity index (χ3n) is 3.93. The topological polar surface area (TPSA) is 120 Å². The molecular weight excluding hydrogens is 380 g/mol. The highest BCUT2D eigenvalue weighted by molar-refractivity contribution is 6.32. The maximum Gasteiger partial charge on any atom is 0.272 e. The first kappa shape index (κ1) is 14.9. The minimum absolute atomic E-state index is 0.157. The van der Waals surface area contributed by atoms with Crippen molar-refractivity contribution in [2.45, 2.75) is 32.4 Å². The fourth-order valence-electron chi connectivity index (χ4n) is 2.57. The average molecular weight is 403 g/mol. The Morgan fingerprint density at radius 1 is 1.54 bits per heavy atom. The van der Waals surface area contributed by atoms with Crippen LogP contribution in [0.25, 0.3) is 11.3 Å². The van der Waals surface area contributed by atoms with Gasteiger partial charge in [-0.3, -0.25) is 14.6 Å². The Morgan fingerprint density at radius 2 is 2.36 bits per heavy atom. The molecule has 1 aromatic carbocycles. The number of halogens is 1. The highest BCUT2D eigenvalue weighted by atomic mass is 35.5. The molecule has 0 aliphatic carbocycles. The highest BCUT2D eigenvalue weighted by Gasteiger charge is 2.16. The van der Waals surface area contributed by atoms with Gasteiger partial charge in [0.2, 0.25) is 0 Å². The fourth-order valence-corrected chi connectivity index (χ4v) is 2.79. The third-order valence-corrected chi connectivity index (χ3v) is 4.24. The van der Waals surface area contributed by atoms with Crippen LogP contribution >= 0.6 is 11.6 Å². The quantitative estimate of drug-likeness (QED) is 0.585. The first-order valence-electron chi connectivity index (χ1n) is 10.2. The molecule has 2 aromatic heterocycles. The number of aromatic nitrogens is 4. The van der Waals surface area contributed by atoms with Crippen molar-refractivity contribution in [2.24, 2.45) is 0 Å². The van der Waals surface area contributed by atoms with Gasteiger partial charge in [0.1, 0.15) is 11.8 Å². The van der Waals surface area contributed by atoms with Crippen molar-refractivity contribution in [3.8, 4) is 17.3 Å². The van der Waals surface area contributed by atoms with E-state index in [0.29, 0.717) is 22.8 Å². The first-order chi connectivity index (χ1) is 14.9. The average Bonchev–Trinajstić information content (AvgIpc) is 3.37. The summed E-state index contributed by atoms with van der Waals surface area (Å²) in [6.07, 6.45) is -1.18. The van der Waals surface area contributed by atoms with Gasteiger partial charge in [-0.05, 0) is 38.0 Å². The van der Waals surface area contributed by atoms with E-state index in [0.717, 1.165) is 11.6 Å². The number of nitrogens with zero attached hydrogens (tertiary/aromatic N) is 4. The predicted octanol–water partition coefficient (Wildman–Crippen LogP) is 2.67. The number of aliphatic hydroxyl groups is 1. The second-order valence-electron chi connectivity index (χ2n) is 6.12. The summed E-state index contributed by atoms with van der Waals surface area (Å²) in [6.45, 7) is -0.948. The van der Waals surface area contributed by atoms with Crippen molar-refractivity contribution in [3.63, 3.8) is 0 Å². The van der Waals surface area contributed by atoms with Crippen LogP contribution in [0.4, 0.5) is 0 Å². The van der Waals surface area contributed by atoms with Crippen LogP contribution in [-0.4, -0.2) is 37.0 Å². The zero-order chi connectivity index (χ0) is 23.7. The van der Waals surface area contributed by atoms with Crippen molar-refractivity contribution in [1.29, 1.82) is 5.26 Å². The number of nitriles is 1. The van der Waals surface area contributed by atoms with Gasteiger partial charge in [-0.25, -0.2) is 0 Å². The van der Waals surface area contributed by atoms with Gasteiger partial charge < -0.3 is 10.4 Å². The van der Waals surface area contributed by atoms with Gasteiger partial charge in [0.15, 0.2) is 0 Å². The summed E-state index contributed by atoms with van der Waals surface area (Å²) in [4.78, 5) is 12.4. The van der Waals surface area contributed by atoms with E-state index in [1.807, 2.05) is 6.07 Å². The molecule has 2 atom stereocenters. The Hall–Kier alpha value is -3.15. The number of benzene rings is 1. The van der Waals surface area contributed by atoms with Crippen LogP contribution in [0.2, 0.25) is 5.02 Å². The van der Waals surface area contributed by atoms with E-state index in [4.69, 9.17) is 22.3 Å². The molecule has 9 heteroatoms. The smallest absolute Gasteiger partial charge is 0.272 e. The van der Waals surface area contributed by atoms with Crippen molar-refractivity contribution in [3.05, 3.63) is 58.5 Å². The lowest BCUT2D eigenvalue weighted by Crippen LogP contribution is -2.36. The zero-order valence-corrected chi connectivity index (χ0v) is 15.5. The number of nitrogens with one attached hydrogen (secondary N) is 2. The van der Waals surface area contributed by atoms with E-state index in [1.165, 1.54) is 0 Å². The van der Waals surface area contributed by atoms with Crippen LogP contribution in [0.5, 0.6) is 0 Å². The minimum atomic E-state index is -3.02. The molecule has 0 aliphatic heterocycles. The van der Waals surface area contributed by atoms with Gasteiger partial charge in [0.05, 0.1) is 36.0 Å². The second kappa shape index (κ2) is 8.25. The van der Waals surface area contributed by atoms with Crippen LogP contribution in [-0.2, 0) is 6.54 Å². The summed E-state index contributed by atoms with van der Waals surface area (Å²) in [7, 11) is 0.